The van der Waals surface area contributed by atoms with Crippen molar-refractivity contribution < 1.29 is 9.53 Å². The van der Waals surface area contributed by atoms with Gasteiger partial charge in [0.1, 0.15) is 0 Å². The maximum absolute atomic E-state index is 11.9. The average Bonchev–Trinajstić information content (AvgIpc) is 2.47. The summed E-state index contributed by atoms with van der Waals surface area (Å²) >= 11 is 0. The highest BCUT2D eigenvalue weighted by Crippen LogP contribution is 2.06. The molecule has 1 amide bonds. The van der Waals surface area contributed by atoms with E-state index in [1.54, 1.807) is 0 Å². The molecule has 2 rings (SSSR count). The summed E-state index contributed by atoms with van der Waals surface area (Å²) in [6, 6.07) is 10.6. The lowest BCUT2D eigenvalue weighted by Gasteiger charge is -2.24. The molecule has 1 aliphatic rings. The van der Waals surface area contributed by atoms with Crippen LogP contribution in [-0.4, -0.2) is 37.7 Å². The minimum absolute atomic E-state index is 0.0186. The Morgan fingerprint density at radius 3 is 2.95 bits per heavy atom. The van der Waals surface area contributed by atoms with E-state index in [4.69, 9.17) is 4.74 Å². The normalized spacial score (nSPS) is 20.4. The topological polar surface area (TPSA) is 50.4 Å². The molecule has 1 aromatic carbocycles. The molecule has 1 fully saturated rings. The molecule has 1 aromatic rings. The Bertz CT molecular complexity index is 402. The summed E-state index contributed by atoms with van der Waals surface area (Å²) in [5, 5.41) is 6.29. The van der Waals surface area contributed by atoms with Crippen LogP contribution in [-0.2, 0) is 16.0 Å². The number of carbonyl (C=O) groups excluding carboxylic acids is 1. The number of carbonyl (C=O) groups is 1. The Morgan fingerprint density at radius 1 is 1.45 bits per heavy atom. The van der Waals surface area contributed by atoms with E-state index < -0.39 is 0 Å². The smallest absolute Gasteiger partial charge is 0.222 e. The number of ether oxygens (including phenoxy) is 1. The number of benzene rings is 1. The third-order valence-electron chi connectivity index (χ3n) is 3.53. The van der Waals surface area contributed by atoms with Crippen molar-refractivity contribution in [2.24, 2.45) is 0 Å². The monoisotopic (exact) mass is 276 g/mol. The van der Waals surface area contributed by atoms with Crippen LogP contribution in [0, 0.1) is 0 Å². The number of morpholine rings is 1. The summed E-state index contributed by atoms with van der Waals surface area (Å²) < 4.78 is 5.54. The van der Waals surface area contributed by atoms with Crippen LogP contribution in [0.4, 0.5) is 0 Å². The van der Waals surface area contributed by atoms with E-state index in [0.717, 1.165) is 25.9 Å². The molecule has 1 aliphatic heterocycles. The number of amides is 1. The van der Waals surface area contributed by atoms with Crippen molar-refractivity contribution in [2.75, 3.05) is 19.7 Å². The second kappa shape index (κ2) is 8.02. The van der Waals surface area contributed by atoms with Crippen LogP contribution in [0.5, 0.6) is 0 Å². The van der Waals surface area contributed by atoms with Crippen molar-refractivity contribution in [1.29, 1.82) is 0 Å². The molecule has 0 aliphatic carbocycles. The van der Waals surface area contributed by atoms with Gasteiger partial charge in [-0.25, -0.2) is 0 Å². The first kappa shape index (κ1) is 15.0. The van der Waals surface area contributed by atoms with Crippen molar-refractivity contribution in [2.45, 2.75) is 38.3 Å². The second-order valence-corrected chi connectivity index (χ2v) is 5.39. The van der Waals surface area contributed by atoms with E-state index in [0.29, 0.717) is 13.0 Å². The van der Waals surface area contributed by atoms with Crippen LogP contribution in [0.25, 0.3) is 0 Å². The maximum atomic E-state index is 11.9. The Kier molecular flexibility index (Phi) is 6.02. The molecule has 2 N–H and O–H groups in total. The highest BCUT2D eigenvalue weighted by Gasteiger charge is 2.18. The van der Waals surface area contributed by atoms with Gasteiger partial charge in [-0.3, -0.25) is 4.79 Å². The molecule has 2 atom stereocenters. The van der Waals surface area contributed by atoms with E-state index in [2.05, 4.69) is 29.7 Å². The lowest BCUT2D eigenvalue weighted by molar-refractivity contribution is -0.125. The van der Waals surface area contributed by atoms with Gasteiger partial charge in [-0.2, -0.15) is 0 Å². The summed E-state index contributed by atoms with van der Waals surface area (Å²) in [5.41, 5.74) is 1.31. The SMILES string of the molecule is CC(CCc1ccccc1)NC(=O)CC1CNCCO1. The summed E-state index contributed by atoms with van der Waals surface area (Å²) in [6.07, 6.45) is 2.41. The highest BCUT2D eigenvalue weighted by atomic mass is 16.5. The largest absolute Gasteiger partial charge is 0.375 e. The van der Waals surface area contributed by atoms with Gasteiger partial charge in [0.25, 0.3) is 0 Å². The predicted octanol–water partition coefficient (Wildman–Crippen LogP) is 1.50. The lowest BCUT2D eigenvalue weighted by Crippen LogP contribution is -2.42. The number of hydrogen-bond donors (Lipinski definition) is 2. The van der Waals surface area contributed by atoms with Gasteiger partial charge >= 0.3 is 0 Å². The zero-order chi connectivity index (χ0) is 14.2. The van der Waals surface area contributed by atoms with E-state index in [-0.39, 0.29) is 18.1 Å². The quantitative estimate of drug-likeness (QED) is 0.828. The van der Waals surface area contributed by atoms with Gasteiger partial charge < -0.3 is 15.4 Å². The molecule has 1 saturated heterocycles. The summed E-state index contributed by atoms with van der Waals surface area (Å²) in [4.78, 5) is 11.9. The molecular weight excluding hydrogens is 252 g/mol. The van der Waals surface area contributed by atoms with Crippen molar-refractivity contribution >= 4 is 5.91 Å². The van der Waals surface area contributed by atoms with Crippen LogP contribution in [0.15, 0.2) is 30.3 Å². The summed E-state index contributed by atoms with van der Waals surface area (Å²) in [7, 11) is 0. The van der Waals surface area contributed by atoms with Gasteiger partial charge in [0.15, 0.2) is 0 Å². The molecule has 0 spiro atoms. The van der Waals surface area contributed by atoms with Crippen LogP contribution in [0.2, 0.25) is 0 Å². The Hall–Kier alpha value is -1.39. The lowest BCUT2D eigenvalue weighted by atomic mass is 10.1. The fraction of sp³-hybridized carbons (Fsp3) is 0.562. The van der Waals surface area contributed by atoms with Crippen LogP contribution >= 0.6 is 0 Å². The fourth-order valence-electron chi connectivity index (χ4n) is 2.39. The van der Waals surface area contributed by atoms with Gasteiger partial charge in [0.05, 0.1) is 19.1 Å². The van der Waals surface area contributed by atoms with Gasteiger partial charge in [0.2, 0.25) is 5.91 Å². The van der Waals surface area contributed by atoms with Crippen molar-refractivity contribution in [3.63, 3.8) is 0 Å². The van der Waals surface area contributed by atoms with Crippen LogP contribution in [0.3, 0.4) is 0 Å². The number of nitrogens with one attached hydrogen (secondary N) is 2. The molecule has 4 heteroatoms. The standard InChI is InChI=1S/C16H24N2O2/c1-13(7-8-14-5-3-2-4-6-14)18-16(19)11-15-12-17-9-10-20-15/h2-6,13,15,17H,7-12H2,1H3,(H,18,19). The Labute approximate surface area is 120 Å². The number of aryl methyl sites for hydroxylation is 1. The number of hydrogen-bond acceptors (Lipinski definition) is 3. The van der Waals surface area contributed by atoms with Gasteiger partial charge in [-0.05, 0) is 25.3 Å². The van der Waals surface area contributed by atoms with Crippen LogP contribution in [0.1, 0.15) is 25.3 Å². The van der Waals surface area contributed by atoms with E-state index in [1.165, 1.54) is 5.56 Å². The molecule has 0 bridgehead atoms. The van der Waals surface area contributed by atoms with Gasteiger partial charge in [-0.1, -0.05) is 30.3 Å². The zero-order valence-corrected chi connectivity index (χ0v) is 12.1. The molecule has 1 heterocycles. The summed E-state index contributed by atoms with van der Waals surface area (Å²) in [6.45, 7) is 4.40. The van der Waals surface area contributed by atoms with Gasteiger partial charge in [-0.15, -0.1) is 0 Å². The molecule has 0 aromatic heterocycles. The maximum Gasteiger partial charge on any atom is 0.222 e. The molecule has 2 unspecified atom stereocenters. The minimum Gasteiger partial charge on any atom is -0.375 e. The highest BCUT2D eigenvalue weighted by molar-refractivity contribution is 5.76. The van der Waals surface area contributed by atoms with E-state index in [1.807, 2.05) is 18.2 Å². The third kappa shape index (κ3) is 5.31. The van der Waals surface area contributed by atoms with E-state index >= 15 is 0 Å². The molecule has 0 radical (unpaired) electrons. The van der Waals surface area contributed by atoms with Gasteiger partial charge in [0, 0.05) is 19.1 Å². The molecule has 110 valence electrons. The third-order valence-corrected chi connectivity index (χ3v) is 3.53. The minimum atomic E-state index is 0.0186. The Morgan fingerprint density at radius 2 is 2.25 bits per heavy atom. The first-order valence-electron chi connectivity index (χ1n) is 7.39. The summed E-state index contributed by atoms with van der Waals surface area (Å²) in [5.74, 6) is 0.0826. The molecule has 20 heavy (non-hydrogen) atoms. The molecule has 0 saturated carbocycles. The molecule has 4 nitrogen and oxygen atoms in total. The second-order valence-electron chi connectivity index (χ2n) is 5.39. The first-order valence-corrected chi connectivity index (χ1v) is 7.39. The van der Waals surface area contributed by atoms with Crippen molar-refractivity contribution in [3.05, 3.63) is 35.9 Å². The van der Waals surface area contributed by atoms with E-state index in [9.17, 15) is 4.79 Å². The zero-order valence-electron chi connectivity index (χ0n) is 12.1. The fourth-order valence-corrected chi connectivity index (χ4v) is 2.39. The van der Waals surface area contributed by atoms with Crippen molar-refractivity contribution in [3.8, 4) is 0 Å². The first-order chi connectivity index (χ1) is 9.74. The Balaban J connectivity index is 1.65. The number of rotatable bonds is 6. The molecular formula is C16H24N2O2. The predicted molar refractivity (Wildman–Crippen MR) is 79.6 cm³/mol. The average molecular weight is 276 g/mol. The van der Waals surface area contributed by atoms with Crippen molar-refractivity contribution in [1.82, 2.24) is 10.6 Å². The van der Waals surface area contributed by atoms with Crippen LogP contribution < -0.4 is 10.6 Å².